The van der Waals surface area contributed by atoms with Crippen molar-refractivity contribution in [2.45, 2.75) is 37.3 Å². The Morgan fingerprint density at radius 2 is 1.96 bits per heavy atom. The monoisotopic (exact) mass is 386 g/mol. The number of hydrogen-bond acceptors (Lipinski definition) is 4. The molecular weight excluding hydrogens is 360 g/mol. The highest BCUT2D eigenvalue weighted by atomic mass is 32.2. The smallest absolute Gasteiger partial charge is 0.120 e. The quantitative estimate of drug-likeness (QED) is 0.698. The summed E-state index contributed by atoms with van der Waals surface area (Å²) in [6.45, 7) is 2.94. The lowest BCUT2D eigenvalue weighted by Crippen LogP contribution is -2.29. The number of benzene rings is 1. The van der Waals surface area contributed by atoms with Crippen LogP contribution in [0.15, 0.2) is 41.2 Å². The summed E-state index contributed by atoms with van der Waals surface area (Å²) in [7, 11) is 0.999. The molecule has 6 heteroatoms. The second kappa shape index (κ2) is 7.90. The van der Waals surface area contributed by atoms with Gasteiger partial charge in [0, 0.05) is 52.1 Å². The molecule has 1 aromatic carbocycles. The number of nitrogens with zero attached hydrogens (tertiary/aromatic N) is 2. The summed E-state index contributed by atoms with van der Waals surface area (Å²) in [5.74, 6) is 1.33. The van der Waals surface area contributed by atoms with Crippen LogP contribution in [-0.2, 0) is 35.9 Å². The van der Waals surface area contributed by atoms with E-state index in [0.717, 1.165) is 47.4 Å². The Kier molecular flexibility index (Phi) is 5.36. The van der Waals surface area contributed by atoms with Crippen LogP contribution in [0.3, 0.4) is 0 Å². The van der Waals surface area contributed by atoms with Gasteiger partial charge in [-0.05, 0) is 50.2 Å². The lowest BCUT2D eigenvalue weighted by atomic mass is 10.1. The number of furan rings is 1. The fourth-order valence-corrected chi connectivity index (χ4v) is 5.18. The molecule has 0 bridgehead atoms. The minimum Gasteiger partial charge on any atom is -0.508 e. The van der Waals surface area contributed by atoms with Gasteiger partial charge < -0.3 is 14.1 Å². The summed E-state index contributed by atoms with van der Waals surface area (Å²) in [4.78, 5) is 2.42. The molecule has 0 radical (unpaired) electrons. The molecule has 2 aromatic heterocycles. The normalized spacial score (nSPS) is 16.8. The largest absolute Gasteiger partial charge is 0.508 e. The highest BCUT2D eigenvalue weighted by molar-refractivity contribution is 7.83. The molecule has 144 valence electrons. The molecule has 5 nitrogen and oxygen atoms in total. The van der Waals surface area contributed by atoms with E-state index in [1.165, 1.54) is 19.3 Å². The van der Waals surface area contributed by atoms with Gasteiger partial charge in [0.25, 0.3) is 0 Å². The van der Waals surface area contributed by atoms with E-state index in [2.05, 4.69) is 15.5 Å². The highest BCUT2D eigenvalue weighted by Crippen LogP contribution is 2.31. The Bertz CT molecular complexity index is 940. The third-order valence-electron chi connectivity index (χ3n) is 5.46. The Labute approximate surface area is 162 Å². The summed E-state index contributed by atoms with van der Waals surface area (Å²) in [6, 6.07) is 7.69. The number of likely N-dealkylation sites (tertiary alicyclic amines) is 1. The Morgan fingerprint density at radius 1 is 1.15 bits per heavy atom. The van der Waals surface area contributed by atoms with Gasteiger partial charge in [0.1, 0.15) is 5.75 Å². The van der Waals surface area contributed by atoms with Crippen LogP contribution in [0.2, 0.25) is 0 Å². The number of piperidine rings is 1. The summed E-state index contributed by atoms with van der Waals surface area (Å²) in [5, 5.41) is 11.6. The molecule has 0 aliphatic carbocycles. The van der Waals surface area contributed by atoms with Gasteiger partial charge in [-0.3, -0.25) is 9.11 Å². The standard InChI is InChI=1S/C21H26N2O3S/c1-22-17(15-27(25)14-16-7-10-26-13-16)11-18-19(21(24)6-5-20(18)22)12-23-8-3-2-4-9-23/h5-7,10-11,13,24H,2-4,8-9,12,14-15H2,1H3. The number of rotatable bonds is 6. The number of phenolic OH excluding ortho intramolecular Hbond substituents is 1. The highest BCUT2D eigenvalue weighted by Gasteiger charge is 2.18. The van der Waals surface area contributed by atoms with Crippen molar-refractivity contribution in [3.05, 3.63) is 53.6 Å². The van der Waals surface area contributed by atoms with E-state index in [1.807, 2.05) is 19.2 Å². The summed E-state index contributed by atoms with van der Waals surface area (Å²) < 4.78 is 19.7. The van der Waals surface area contributed by atoms with Gasteiger partial charge in [-0.1, -0.05) is 6.42 Å². The van der Waals surface area contributed by atoms with E-state index >= 15 is 0 Å². The van der Waals surface area contributed by atoms with E-state index < -0.39 is 10.8 Å². The average Bonchev–Trinajstić information content (AvgIpc) is 3.27. The van der Waals surface area contributed by atoms with E-state index in [0.29, 0.717) is 17.3 Å². The molecule has 0 amide bonds. The summed E-state index contributed by atoms with van der Waals surface area (Å²) >= 11 is 0. The number of fused-ring (bicyclic) bond motifs is 1. The van der Waals surface area contributed by atoms with Crippen molar-refractivity contribution >= 4 is 21.7 Å². The number of hydrogen-bond donors (Lipinski definition) is 1. The first-order valence-corrected chi connectivity index (χ1v) is 11.0. The topological polar surface area (TPSA) is 58.6 Å². The maximum absolute atomic E-state index is 12.6. The predicted octanol–water partition coefficient (Wildman–Crippen LogP) is 3.91. The second-order valence-electron chi connectivity index (χ2n) is 7.39. The molecule has 1 aliphatic rings. The lowest BCUT2D eigenvalue weighted by Gasteiger charge is -2.27. The zero-order chi connectivity index (χ0) is 18.8. The lowest BCUT2D eigenvalue weighted by molar-refractivity contribution is 0.219. The van der Waals surface area contributed by atoms with E-state index in [4.69, 9.17) is 4.42 Å². The van der Waals surface area contributed by atoms with Gasteiger partial charge in [-0.15, -0.1) is 0 Å². The molecule has 1 N–H and O–H groups in total. The van der Waals surface area contributed by atoms with Gasteiger partial charge >= 0.3 is 0 Å². The average molecular weight is 387 g/mol. The minimum atomic E-state index is -1.01. The van der Waals surface area contributed by atoms with Crippen molar-refractivity contribution in [3.63, 3.8) is 0 Å². The van der Waals surface area contributed by atoms with Gasteiger partial charge in [0.15, 0.2) is 0 Å². The summed E-state index contributed by atoms with van der Waals surface area (Å²) in [6.07, 6.45) is 7.01. The maximum atomic E-state index is 12.6. The van der Waals surface area contributed by atoms with Crippen LogP contribution in [0.25, 0.3) is 10.9 Å². The van der Waals surface area contributed by atoms with Crippen LogP contribution in [0.1, 0.15) is 36.1 Å². The number of aromatic hydroxyl groups is 1. The number of phenols is 1. The third kappa shape index (κ3) is 3.96. The molecule has 3 aromatic rings. The molecule has 3 heterocycles. The van der Waals surface area contributed by atoms with E-state index in [-0.39, 0.29) is 0 Å². The fourth-order valence-electron chi connectivity index (χ4n) is 3.93. The molecular formula is C21H26N2O3S. The molecule has 1 aliphatic heterocycles. The van der Waals surface area contributed by atoms with Crippen molar-refractivity contribution in [3.8, 4) is 5.75 Å². The number of aryl methyl sites for hydroxylation is 1. The van der Waals surface area contributed by atoms with E-state index in [1.54, 1.807) is 18.6 Å². The van der Waals surface area contributed by atoms with Crippen LogP contribution < -0.4 is 0 Å². The molecule has 1 fully saturated rings. The van der Waals surface area contributed by atoms with Crippen molar-refractivity contribution in [2.24, 2.45) is 7.05 Å². The van der Waals surface area contributed by atoms with Crippen LogP contribution in [0.5, 0.6) is 5.75 Å². The fraction of sp³-hybridized carbons (Fsp3) is 0.429. The zero-order valence-corrected chi connectivity index (χ0v) is 16.5. The van der Waals surface area contributed by atoms with Crippen LogP contribution in [0, 0.1) is 0 Å². The van der Waals surface area contributed by atoms with Crippen molar-refractivity contribution < 1.29 is 13.7 Å². The van der Waals surface area contributed by atoms with Crippen LogP contribution in [-0.4, -0.2) is 31.9 Å². The van der Waals surface area contributed by atoms with Crippen LogP contribution >= 0.6 is 0 Å². The second-order valence-corrected chi connectivity index (χ2v) is 8.84. The molecule has 1 saturated heterocycles. The summed E-state index contributed by atoms with van der Waals surface area (Å²) in [5.41, 5.74) is 4.04. The molecule has 27 heavy (non-hydrogen) atoms. The van der Waals surface area contributed by atoms with Crippen LogP contribution in [0.4, 0.5) is 0 Å². The first kappa shape index (κ1) is 18.3. The Morgan fingerprint density at radius 3 is 2.70 bits per heavy atom. The third-order valence-corrected chi connectivity index (χ3v) is 6.73. The molecule has 1 unspecified atom stereocenters. The van der Waals surface area contributed by atoms with Gasteiger partial charge in [0.05, 0.1) is 24.0 Å². The Hall–Kier alpha value is -2.05. The maximum Gasteiger partial charge on any atom is 0.120 e. The molecule has 0 spiro atoms. The van der Waals surface area contributed by atoms with Crippen molar-refractivity contribution in [2.75, 3.05) is 13.1 Å². The molecule has 1 atom stereocenters. The predicted molar refractivity (Wildman–Crippen MR) is 108 cm³/mol. The molecule has 4 rings (SSSR count). The van der Waals surface area contributed by atoms with Crippen molar-refractivity contribution in [1.82, 2.24) is 9.47 Å². The van der Waals surface area contributed by atoms with Gasteiger partial charge in [-0.25, -0.2) is 0 Å². The zero-order valence-electron chi connectivity index (χ0n) is 15.7. The first-order chi connectivity index (χ1) is 13.1. The van der Waals surface area contributed by atoms with E-state index in [9.17, 15) is 9.32 Å². The Balaban J connectivity index is 1.60. The molecule has 0 saturated carbocycles. The van der Waals surface area contributed by atoms with Gasteiger partial charge in [0.2, 0.25) is 0 Å². The number of aromatic nitrogens is 1. The van der Waals surface area contributed by atoms with Crippen molar-refractivity contribution in [1.29, 1.82) is 0 Å². The minimum absolute atomic E-state index is 0.352. The van der Waals surface area contributed by atoms with Gasteiger partial charge in [-0.2, -0.15) is 0 Å². The first-order valence-electron chi connectivity index (χ1n) is 9.49. The SMILES string of the molecule is Cn1c(CS(=O)Cc2ccoc2)cc2c(CN3CCCCC3)c(O)ccc21.